The van der Waals surface area contributed by atoms with Crippen LogP contribution in [0, 0.1) is 23.7 Å². The average Bonchev–Trinajstić information content (AvgIpc) is 1.69. The van der Waals surface area contributed by atoms with Crippen molar-refractivity contribution in [3.05, 3.63) is 35.9 Å². The number of imide groups is 1. The second-order valence-corrected chi connectivity index (χ2v) is 32.0. The number of methoxy groups -OCH3 is 2. The fourth-order valence-electron chi connectivity index (χ4n) is 13.1. The second-order valence-electron chi connectivity index (χ2n) is 29.0. The number of hydroxylamine groups is 2. The zero-order chi connectivity index (χ0) is 86.3. The molecule has 0 radical (unpaired) electrons. The molecule has 0 bridgehead atoms. The van der Waals surface area contributed by atoms with Crippen LogP contribution in [0.15, 0.2) is 30.3 Å². The number of thioether (sulfide) groups is 2. The Morgan fingerprint density at radius 3 is 1.49 bits per heavy atom. The average molecular weight is 1740 g/mol. The van der Waals surface area contributed by atoms with Gasteiger partial charge in [-0.25, -0.2) is 4.79 Å². The summed E-state index contributed by atoms with van der Waals surface area (Å²) < 4.78 is 79.2. The zero-order valence-electron chi connectivity index (χ0n) is 71.5. The number of ether oxygens (including phenoxy) is 14. The number of hydrogen-bond donors (Lipinski definition) is 7. The summed E-state index contributed by atoms with van der Waals surface area (Å²) in [6.45, 7) is 24.7. The molecule has 5 N–H and O–H groups in total. The molecule has 37 heteroatoms. The van der Waals surface area contributed by atoms with Crippen molar-refractivity contribution in [1.82, 2.24) is 41.0 Å². The lowest BCUT2D eigenvalue weighted by molar-refractivity contribution is -0.186. The molecule has 6 amide bonds. The molecule has 0 saturated carbocycles. The van der Waals surface area contributed by atoms with Crippen LogP contribution >= 0.6 is 48.8 Å². The molecular weight excluding hydrogens is 1600 g/mol. The number of ketones is 2. The number of benzene rings is 1. The van der Waals surface area contributed by atoms with E-state index in [1.807, 2.05) is 59.7 Å². The normalized spacial score (nSPS) is 17.8. The van der Waals surface area contributed by atoms with E-state index in [1.54, 1.807) is 50.0 Å². The van der Waals surface area contributed by atoms with Crippen LogP contribution in [0.2, 0.25) is 0 Å². The van der Waals surface area contributed by atoms with Gasteiger partial charge in [0.15, 0.2) is 5.78 Å². The maximum atomic E-state index is 14.7. The molecule has 2 aliphatic heterocycles. The molecule has 117 heavy (non-hydrogen) atoms. The van der Waals surface area contributed by atoms with Crippen molar-refractivity contribution in [2.24, 2.45) is 23.7 Å². The van der Waals surface area contributed by atoms with Crippen LogP contribution < -0.4 is 21.3 Å². The minimum absolute atomic E-state index is 0.0390. The molecule has 2 saturated heterocycles. The minimum atomic E-state index is -1.16. The molecular formula is C80H140N8O25S4. The summed E-state index contributed by atoms with van der Waals surface area (Å²) in [5.74, 6) is -4.04. The van der Waals surface area contributed by atoms with Gasteiger partial charge in [-0.1, -0.05) is 85.2 Å². The number of likely N-dealkylation sites (tertiary alicyclic amines) is 2. The van der Waals surface area contributed by atoms with Gasteiger partial charge in [-0.3, -0.25) is 53.4 Å². The molecule has 2 heterocycles. The number of aliphatic carboxylic acids is 1. The summed E-state index contributed by atoms with van der Waals surface area (Å²) in [5, 5.41) is 21.8. The minimum Gasteiger partial charge on any atom is -0.480 e. The third-order valence-electron chi connectivity index (χ3n) is 19.8. The van der Waals surface area contributed by atoms with Crippen LogP contribution in [0.1, 0.15) is 93.1 Å². The number of carbonyl (C=O) groups is 9. The van der Waals surface area contributed by atoms with Gasteiger partial charge in [0.05, 0.1) is 220 Å². The largest absolute Gasteiger partial charge is 0.480 e. The third kappa shape index (κ3) is 41.6. The predicted molar refractivity (Wildman–Crippen MR) is 452 cm³/mol. The maximum Gasteiger partial charge on any atom is 0.326 e. The second kappa shape index (κ2) is 64.5. The molecule has 0 spiro atoms. The van der Waals surface area contributed by atoms with Gasteiger partial charge in [-0.15, -0.1) is 23.5 Å². The Kier molecular flexibility index (Phi) is 58.9. The number of nitrogens with one attached hydrogen (secondary N) is 4. The van der Waals surface area contributed by atoms with E-state index >= 15 is 0 Å². The number of Topliss-reactive ketones (excluding diaryl/α,β-unsaturated/α-hetero) is 2. The van der Waals surface area contributed by atoms with Gasteiger partial charge in [0, 0.05) is 65.3 Å². The number of hydrogen-bond acceptors (Lipinski definition) is 31. The molecule has 13 atom stereocenters. The number of nitrogens with zero attached hydrogens (tertiary/aromatic N) is 4. The highest BCUT2D eigenvalue weighted by Crippen LogP contribution is 2.35. The van der Waals surface area contributed by atoms with Crippen molar-refractivity contribution in [3.63, 3.8) is 0 Å². The van der Waals surface area contributed by atoms with Gasteiger partial charge in [-0.2, -0.15) is 30.3 Å². The molecule has 3 rings (SSSR count). The number of amides is 6. The van der Waals surface area contributed by atoms with Crippen molar-refractivity contribution < 1.29 is 119 Å². The highest BCUT2D eigenvalue weighted by molar-refractivity contribution is 8.05. The van der Waals surface area contributed by atoms with E-state index in [4.69, 9.17) is 71.2 Å². The monoisotopic (exact) mass is 1740 g/mol. The van der Waals surface area contributed by atoms with Crippen LogP contribution in [0.25, 0.3) is 0 Å². The van der Waals surface area contributed by atoms with Crippen molar-refractivity contribution in [2.45, 2.75) is 159 Å². The van der Waals surface area contributed by atoms with Crippen LogP contribution in [0.4, 0.5) is 0 Å². The number of carboxylic acids is 1. The smallest absolute Gasteiger partial charge is 0.326 e. The van der Waals surface area contributed by atoms with Gasteiger partial charge in [0.25, 0.3) is 0 Å². The van der Waals surface area contributed by atoms with E-state index < -0.39 is 82.8 Å². The van der Waals surface area contributed by atoms with Crippen molar-refractivity contribution in [2.75, 3.05) is 237 Å². The first kappa shape index (κ1) is 107. The topological polar surface area (TPSA) is 373 Å². The standard InChI is InChI=1S/C80H140N8O25S4/c1-14-58(6)71(67(99-12)51-68(91)87-23-18-22-65(87)72(100-13)59(7)75(92)83-62(80(97)98)50-61-20-16-15-17-21-61)85(10)77(94)69(56(2)3)84-76(93)70(57(4)5)86(11)113-26-19-25-101-28-30-103-32-34-105-36-38-107-40-42-109-44-46-111-48-49-112-47-45-110-43-41-108-39-37-106-35-33-104-31-29-102-27-24-88-78(95)73(116-54-66(90)64(53-115)81-9)74(79(88)96)117-55-82-63(52-114)60(8)89/h15-17,20-21,56-59,62-65,67,69-74,81-82,114-115H,14,18-19,22-55H2,1-13H3,(H,83,92)(H,84,93)(H,97,98)/t58-,59+,62-,63-,64-,65-,67+,69-,70-,71?,72+,73?,74?/m0/s1. The van der Waals surface area contributed by atoms with Crippen LogP contribution in [-0.2, 0) is 121 Å². The Labute approximate surface area is 713 Å². The van der Waals surface area contributed by atoms with E-state index in [-0.39, 0.29) is 110 Å². The highest BCUT2D eigenvalue weighted by atomic mass is 32.2. The summed E-state index contributed by atoms with van der Waals surface area (Å²) >= 11 is 10.8. The molecule has 33 nitrogen and oxygen atoms in total. The lowest BCUT2D eigenvalue weighted by Crippen LogP contribution is -2.60. The Hall–Kier alpha value is -4.27. The molecule has 3 unspecified atom stereocenters. The van der Waals surface area contributed by atoms with Gasteiger partial charge in [-0.05, 0) is 56.6 Å². The molecule has 674 valence electrons. The van der Waals surface area contributed by atoms with Crippen molar-refractivity contribution in [1.29, 1.82) is 0 Å². The van der Waals surface area contributed by atoms with Crippen LogP contribution in [0.3, 0.4) is 0 Å². The Bertz CT molecular complexity index is 2910. The van der Waals surface area contributed by atoms with Crippen molar-refractivity contribution >= 4 is 102 Å². The Morgan fingerprint density at radius 1 is 0.598 bits per heavy atom. The SMILES string of the molecule is CC[C@H](C)C([C@@H](CC(=O)N1CCC[C@H]1[C@H](OC)[C@@H](C)C(=O)N[C@@H](Cc1ccccc1)C(=O)O)OC)N(C)C(=O)[C@@H](NC(=O)[C@H](C(C)C)N(C)OCCCOCCOCCOCCOCCOCCOCCOCCOCCOCCOCCOCCOCCN1C(=O)C(SCN[C@@H](CS)C(C)=O)C(SCC(=O)[C@H](CS)NC)C1=O)C(C)C. The van der Waals surface area contributed by atoms with E-state index in [0.717, 1.165) is 17.3 Å². The first-order valence-electron chi connectivity index (χ1n) is 40.9. The lowest BCUT2D eigenvalue weighted by atomic mass is 9.89. The summed E-state index contributed by atoms with van der Waals surface area (Å²) in [6, 6.07) is 4.26. The first-order valence-corrected chi connectivity index (χ1v) is 44.2. The van der Waals surface area contributed by atoms with Gasteiger partial charge < -0.3 is 97.2 Å². The van der Waals surface area contributed by atoms with Crippen LogP contribution in [0.5, 0.6) is 0 Å². The molecule has 2 fully saturated rings. The van der Waals surface area contributed by atoms with E-state index in [1.165, 1.54) is 42.9 Å². The van der Waals surface area contributed by atoms with E-state index in [9.17, 15) is 48.3 Å². The number of likely N-dealkylation sites (N-methyl/N-ethyl adjacent to an activating group) is 3. The maximum absolute atomic E-state index is 14.7. The molecule has 0 aliphatic carbocycles. The summed E-state index contributed by atoms with van der Waals surface area (Å²) in [6.07, 6.45) is 1.02. The number of thiol groups is 2. The highest BCUT2D eigenvalue weighted by Gasteiger charge is 2.49. The van der Waals surface area contributed by atoms with Gasteiger partial charge >= 0.3 is 5.97 Å². The lowest BCUT2D eigenvalue weighted by Gasteiger charge is -2.41. The summed E-state index contributed by atoms with van der Waals surface area (Å²) in [5.41, 5.74) is 0.764. The quantitative estimate of drug-likeness (QED) is 0.0161. The van der Waals surface area contributed by atoms with Crippen molar-refractivity contribution in [3.8, 4) is 0 Å². The first-order chi connectivity index (χ1) is 56.3. The van der Waals surface area contributed by atoms with Crippen LogP contribution in [-0.4, -0.2) is 380 Å². The Balaban J connectivity index is 1.15. The molecule has 0 aromatic heterocycles. The predicted octanol–water partition coefficient (Wildman–Crippen LogP) is 3.43. The zero-order valence-corrected chi connectivity index (χ0v) is 74.9. The van der Waals surface area contributed by atoms with E-state index in [2.05, 4.69) is 46.5 Å². The fraction of sp³-hybridized carbons (Fsp3) is 0.812. The summed E-state index contributed by atoms with van der Waals surface area (Å²) in [4.78, 5) is 131. The number of rotatable bonds is 74. The fourth-order valence-corrected chi connectivity index (χ4v) is 16.4. The third-order valence-corrected chi connectivity index (χ3v) is 23.2. The van der Waals surface area contributed by atoms with Gasteiger partial charge in [0.2, 0.25) is 35.4 Å². The molecule has 2 aliphatic rings. The Morgan fingerprint density at radius 2 is 1.07 bits per heavy atom. The molecule has 1 aromatic carbocycles. The molecule has 1 aromatic rings. The number of carboxylic acid groups (broad SMARTS) is 1. The number of carbonyl (C=O) groups excluding carboxylic acids is 8. The summed E-state index contributed by atoms with van der Waals surface area (Å²) in [7, 11) is 8.06. The van der Waals surface area contributed by atoms with Gasteiger partial charge in [0.1, 0.15) is 34.4 Å². The van der Waals surface area contributed by atoms with E-state index in [0.29, 0.717) is 189 Å².